The first-order chi connectivity index (χ1) is 7.75. The van der Waals surface area contributed by atoms with Gasteiger partial charge in [-0.3, -0.25) is 0 Å². The second kappa shape index (κ2) is 5.09. The summed E-state index contributed by atoms with van der Waals surface area (Å²) in [5.41, 5.74) is -0.0586. The van der Waals surface area contributed by atoms with Gasteiger partial charge in [0.1, 0.15) is 0 Å². The molecule has 6 heteroatoms. The van der Waals surface area contributed by atoms with E-state index in [1.807, 2.05) is 0 Å². The van der Waals surface area contributed by atoms with E-state index in [-0.39, 0.29) is 5.69 Å². The Morgan fingerprint density at radius 1 is 1.69 bits per heavy atom. The summed E-state index contributed by atoms with van der Waals surface area (Å²) in [6.45, 7) is 2.00. The molecule has 0 radical (unpaired) electrons. The zero-order valence-corrected chi connectivity index (χ0v) is 8.81. The number of carbonyl (C=O) groups is 1. The maximum Gasteiger partial charge on any atom is 0.358 e. The lowest BCUT2D eigenvalue weighted by atomic mass is 10.1. The topological polar surface area (TPSA) is 84.6 Å². The van der Waals surface area contributed by atoms with E-state index in [4.69, 9.17) is 14.4 Å². The van der Waals surface area contributed by atoms with Gasteiger partial charge < -0.3 is 19.7 Å². The van der Waals surface area contributed by atoms with Crippen molar-refractivity contribution in [3.63, 3.8) is 0 Å². The Balaban J connectivity index is 1.81. The van der Waals surface area contributed by atoms with Crippen LogP contribution in [-0.2, 0) is 11.3 Å². The van der Waals surface area contributed by atoms with Crippen LogP contribution >= 0.6 is 0 Å². The van der Waals surface area contributed by atoms with E-state index in [0.717, 1.165) is 19.4 Å². The van der Waals surface area contributed by atoms with Crippen molar-refractivity contribution < 1.29 is 19.2 Å². The predicted molar refractivity (Wildman–Crippen MR) is 54.1 cm³/mol. The minimum atomic E-state index is -1.07. The molecule has 2 heterocycles. The molecule has 0 saturated carbocycles. The maximum absolute atomic E-state index is 10.6. The van der Waals surface area contributed by atoms with Gasteiger partial charge in [0.25, 0.3) is 0 Å². The van der Waals surface area contributed by atoms with Crippen molar-refractivity contribution in [2.45, 2.75) is 25.4 Å². The summed E-state index contributed by atoms with van der Waals surface area (Å²) in [5.74, 6) is -0.543. The number of carboxylic acids is 1. The fraction of sp³-hybridized carbons (Fsp3) is 0.600. The minimum Gasteiger partial charge on any atom is -0.476 e. The van der Waals surface area contributed by atoms with Crippen LogP contribution in [0.4, 0.5) is 0 Å². The van der Waals surface area contributed by atoms with Crippen molar-refractivity contribution >= 4 is 5.97 Å². The van der Waals surface area contributed by atoms with Crippen molar-refractivity contribution in [1.82, 2.24) is 10.5 Å². The van der Waals surface area contributed by atoms with Crippen molar-refractivity contribution in [2.24, 2.45) is 0 Å². The third kappa shape index (κ3) is 2.80. The van der Waals surface area contributed by atoms with Gasteiger partial charge in [-0.25, -0.2) is 4.79 Å². The van der Waals surface area contributed by atoms with Crippen LogP contribution in [0.15, 0.2) is 10.6 Å². The fourth-order valence-electron chi connectivity index (χ4n) is 1.64. The van der Waals surface area contributed by atoms with Crippen LogP contribution in [0, 0.1) is 0 Å². The Hall–Kier alpha value is -1.40. The molecule has 1 fully saturated rings. The largest absolute Gasteiger partial charge is 0.476 e. The lowest BCUT2D eigenvalue weighted by Gasteiger charge is -2.22. The number of ether oxygens (including phenoxy) is 1. The molecule has 1 aromatic heterocycles. The third-order valence-corrected chi connectivity index (χ3v) is 2.50. The van der Waals surface area contributed by atoms with Crippen LogP contribution in [0.3, 0.4) is 0 Å². The molecule has 0 amide bonds. The van der Waals surface area contributed by atoms with Gasteiger partial charge in [-0.2, -0.15) is 0 Å². The summed E-state index contributed by atoms with van der Waals surface area (Å²) in [6.07, 6.45) is 2.12. The molecule has 1 unspecified atom stereocenters. The van der Waals surface area contributed by atoms with E-state index in [2.05, 4.69) is 10.5 Å². The Bertz CT molecular complexity index is 357. The van der Waals surface area contributed by atoms with Crippen LogP contribution in [0.5, 0.6) is 0 Å². The average Bonchev–Trinajstić information content (AvgIpc) is 2.76. The molecule has 0 aromatic carbocycles. The van der Waals surface area contributed by atoms with Crippen molar-refractivity contribution in [3.05, 3.63) is 17.5 Å². The van der Waals surface area contributed by atoms with E-state index in [9.17, 15) is 4.79 Å². The molecular formula is C10H14N2O4. The van der Waals surface area contributed by atoms with Gasteiger partial charge >= 0.3 is 5.97 Å². The standard InChI is InChI=1S/C10H14N2O4/c13-10(14)9-4-8(16-12-9)5-11-7-2-1-3-15-6-7/h4,7,11H,1-3,5-6H2,(H,13,14). The number of aromatic carboxylic acids is 1. The molecular weight excluding hydrogens is 212 g/mol. The second-order valence-corrected chi connectivity index (χ2v) is 3.78. The van der Waals surface area contributed by atoms with E-state index < -0.39 is 5.97 Å². The zero-order valence-electron chi connectivity index (χ0n) is 8.81. The van der Waals surface area contributed by atoms with Crippen LogP contribution < -0.4 is 5.32 Å². The molecule has 1 aromatic rings. The molecule has 0 bridgehead atoms. The molecule has 0 aliphatic carbocycles. The first-order valence-electron chi connectivity index (χ1n) is 5.26. The van der Waals surface area contributed by atoms with Crippen molar-refractivity contribution in [2.75, 3.05) is 13.2 Å². The highest BCUT2D eigenvalue weighted by Crippen LogP contribution is 2.08. The molecule has 88 valence electrons. The Kier molecular flexibility index (Phi) is 3.53. The highest BCUT2D eigenvalue weighted by molar-refractivity contribution is 5.85. The third-order valence-electron chi connectivity index (χ3n) is 2.50. The summed E-state index contributed by atoms with van der Waals surface area (Å²) in [6, 6.07) is 1.74. The summed E-state index contributed by atoms with van der Waals surface area (Å²) in [7, 11) is 0. The molecule has 16 heavy (non-hydrogen) atoms. The second-order valence-electron chi connectivity index (χ2n) is 3.78. The van der Waals surface area contributed by atoms with Gasteiger partial charge in [0.15, 0.2) is 11.5 Å². The molecule has 2 N–H and O–H groups in total. The molecule has 1 atom stereocenters. The van der Waals surface area contributed by atoms with Gasteiger partial charge in [-0.1, -0.05) is 5.16 Å². The van der Waals surface area contributed by atoms with Crippen LogP contribution in [0.1, 0.15) is 29.1 Å². The first-order valence-corrected chi connectivity index (χ1v) is 5.26. The quantitative estimate of drug-likeness (QED) is 0.783. The molecule has 0 spiro atoms. The van der Waals surface area contributed by atoms with E-state index >= 15 is 0 Å². The Labute approximate surface area is 92.6 Å². The number of carboxylic acid groups (broad SMARTS) is 1. The predicted octanol–water partition coefficient (Wildman–Crippen LogP) is 0.641. The Morgan fingerprint density at radius 2 is 2.56 bits per heavy atom. The molecule has 6 nitrogen and oxygen atoms in total. The average molecular weight is 226 g/mol. The van der Waals surface area contributed by atoms with E-state index in [1.54, 1.807) is 0 Å². The Morgan fingerprint density at radius 3 is 3.19 bits per heavy atom. The highest BCUT2D eigenvalue weighted by Gasteiger charge is 2.15. The number of nitrogens with zero attached hydrogens (tertiary/aromatic N) is 1. The summed E-state index contributed by atoms with van der Waals surface area (Å²) in [4.78, 5) is 10.6. The van der Waals surface area contributed by atoms with Crippen molar-refractivity contribution in [3.8, 4) is 0 Å². The minimum absolute atomic E-state index is 0.0586. The molecule has 1 aliphatic rings. The summed E-state index contributed by atoms with van der Waals surface area (Å²) < 4.78 is 10.2. The smallest absolute Gasteiger partial charge is 0.358 e. The maximum atomic E-state index is 10.6. The van der Waals surface area contributed by atoms with Gasteiger partial charge in [0, 0.05) is 18.7 Å². The van der Waals surface area contributed by atoms with Gasteiger partial charge in [-0.05, 0) is 12.8 Å². The zero-order chi connectivity index (χ0) is 11.4. The van der Waals surface area contributed by atoms with Crippen LogP contribution in [-0.4, -0.2) is 35.5 Å². The first kappa shape index (κ1) is 11.1. The molecule has 2 rings (SSSR count). The molecule has 1 saturated heterocycles. The SMILES string of the molecule is O=C(O)c1cc(CNC2CCCOC2)on1. The fourth-order valence-corrected chi connectivity index (χ4v) is 1.64. The van der Waals surface area contributed by atoms with Crippen LogP contribution in [0.25, 0.3) is 0 Å². The number of hydrogen-bond donors (Lipinski definition) is 2. The number of hydrogen-bond acceptors (Lipinski definition) is 5. The number of aromatic nitrogens is 1. The lowest BCUT2D eigenvalue weighted by Crippen LogP contribution is -2.36. The number of rotatable bonds is 4. The summed E-state index contributed by atoms with van der Waals surface area (Å²) >= 11 is 0. The monoisotopic (exact) mass is 226 g/mol. The highest BCUT2D eigenvalue weighted by atomic mass is 16.5. The lowest BCUT2D eigenvalue weighted by molar-refractivity contribution is 0.0684. The van der Waals surface area contributed by atoms with Gasteiger partial charge in [-0.15, -0.1) is 0 Å². The van der Waals surface area contributed by atoms with Crippen LogP contribution in [0.2, 0.25) is 0 Å². The normalized spacial score (nSPS) is 20.9. The van der Waals surface area contributed by atoms with E-state index in [1.165, 1.54) is 6.07 Å². The van der Waals surface area contributed by atoms with Gasteiger partial charge in [0.05, 0.1) is 13.2 Å². The van der Waals surface area contributed by atoms with E-state index in [0.29, 0.717) is 25.0 Å². The summed E-state index contributed by atoms with van der Waals surface area (Å²) in [5, 5.41) is 15.3. The van der Waals surface area contributed by atoms with Crippen molar-refractivity contribution in [1.29, 1.82) is 0 Å². The van der Waals surface area contributed by atoms with Gasteiger partial charge in [0.2, 0.25) is 0 Å². The number of nitrogens with one attached hydrogen (secondary N) is 1. The molecule has 1 aliphatic heterocycles.